The van der Waals surface area contributed by atoms with Gasteiger partial charge >= 0.3 is 0 Å². The van der Waals surface area contributed by atoms with E-state index in [4.69, 9.17) is 11.5 Å². The Labute approximate surface area is 241 Å². The number of hydrogen-bond donors (Lipinski definition) is 3. The molecule has 4 aromatic carbocycles. The van der Waals surface area contributed by atoms with E-state index < -0.39 is 32.1 Å². The maximum absolute atomic E-state index is 14.2. The Hall–Kier alpha value is -3.74. The normalized spacial score (nSPS) is 17.7. The Morgan fingerprint density at radius 3 is 1.24 bits per heavy atom. The Bertz CT molecular complexity index is 1540. The van der Waals surface area contributed by atoms with Gasteiger partial charge in [-0.1, -0.05) is 60.7 Å². The molecule has 0 aromatic heterocycles. The lowest BCUT2D eigenvalue weighted by atomic mass is 10.1. The van der Waals surface area contributed by atoms with E-state index in [0.29, 0.717) is 24.5 Å². The van der Waals surface area contributed by atoms with Crippen LogP contribution in [0.15, 0.2) is 119 Å². The third-order valence-corrected chi connectivity index (χ3v) is 11.1. The van der Waals surface area contributed by atoms with Gasteiger partial charge in [-0.15, -0.1) is 0 Å². The van der Waals surface area contributed by atoms with Crippen molar-refractivity contribution in [2.24, 2.45) is 0 Å². The third-order valence-electron chi connectivity index (χ3n) is 7.34. The Kier molecular flexibility index (Phi) is 8.43. The van der Waals surface area contributed by atoms with Crippen molar-refractivity contribution in [1.82, 2.24) is 8.61 Å². The molecule has 1 aliphatic rings. The van der Waals surface area contributed by atoms with Gasteiger partial charge in [-0.3, -0.25) is 0 Å². The molecule has 0 spiro atoms. The van der Waals surface area contributed by atoms with Crippen LogP contribution < -0.4 is 16.8 Å². The number of rotatable bonds is 10. The summed E-state index contributed by atoms with van der Waals surface area (Å²) in [6.07, 6.45) is 0. The molecule has 0 bridgehead atoms. The number of benzene rings is 4. The Morgan fingerprint density at radius 1 is 0.561 bits per heavy atom. The third kappa shape index (κ3) is 6.29. The fourth-order valence-corrected chi connectivity index (χ4v) is 8.51. The maximum atomic E-state index is 14.2. The predicted octanol–water partition coefficient (Wildman–Crippen LogP) is 2.25. The summed E-state index contributed by atoms with van der Waals surface area (Å²) in [5.41, 5.74) is 14.2. The van der Waals surface area contributed by atoms with Gasteiger partial charge in [-0.05, 0) is 59.7 Å². The van der Waals surface area contributed by atoms with Crippen molar-refractivity contribution in [3.63, 3.8) is 0 Å². The van der Waals surface area contributed by atoms with Crippen LogP contribution in [0.25, 0.3) is 0 Å². The van der Waals surface area contributed by atoms with E-state index in [2.05, 4.69) is 0 Å². The summed E-state index contributed by atoms with van der Waals surface area (Å²) in [5, 5.41) is 1.97. The SMILES string of the molecule is Nc1ccc(S(=O)(=O)N(Cc2ccccc2)[C@H]2C[NH2+]C[C@@H]2N(Cc2ccccc2)S(=O)(=O)c2ccc(N)cc2)cc1. The van der Waals surface area contributed by atoms with Crippen LogP contribution in [-0.4, -0.2) is 50.6 Å². The zero-order valence-corrected chi connectivity index (χ0v) is 24.1. The number of hydrogen-bond acceptors (Lipinski definition) is 6. The van der Waals surface area contributed by atoms with Crippen LogP contribution in [-0.2, 0) is 33.1 Å². The standard InChI is InChI=1S/C30H33N5O4S2/c31-25-11-15-27(16-12-25)40(36,37)34(21-23-7-3-1-4-8-23)29-19-33-20-30(29)35(22-24-9-5-2-6-10-24)41(38,39)28-17-13-26(32)14-18-28/h1-18,29-30,33H,19-22,31-32H2/p+1/t29-,30-/m0/s1. The smallest absolute Gasteiger partial charge is 0.243 e. The molecule has 6 N–H and O–H groups in total. The first kappa shape index (κ1) is 28.8. The van der Waals surface area contributed by atoms with Crippen molar-refractivity contribution in [3.05, 3.63) is 120 Å². The highest BCUT2D eigenvalue weighted by Gasteiger charge is 2.47. The molecule has 9 nitrogen and oxygen atoms in total. The average molecular weight is 593 g/mol. The Balaban J connectivity index is 1.60. The minimum absolute atomic E-state index is 0.0870. The van der Waals surface area contributed by atoms with E-state index >= 15 is 0 Å². The number of quaternary nitrogens is 1. The Morgan fingerprint density at radius 2 is 0.902 bits per heavy atom. The monoisotopic (exact) mass is 592 g/mol. The zero-order chi connectivity index (χ0) is 29.0. The molecule has 0 saturated carbocycles. The maximum Gasteiger partial charge on any atom is 0.243 e. The minimum atomic E-state index is -4.03. The summed E-state index contributed by atoms with van der Waals surface area (Å²) in [4.78, 5) is 0.202. The summed E-state index contributed by atoms with van der Waals surface area (Å²) < 4.78 is 59.7. The molecule has 1 fully saturated rings. The molecule has 0 amide bonds. The second-order valence-electron chi connectivity index (χ2n) is 10.1. The summed E-state index contributed by atoms with van der Waals surface area (Å²) in [6.45, 7) is 0.968. The first-order valence-corrected chi connectivity index (χ1v) is 16.2. The van der Waals surface area contributed by atoms with Crippen molar-refractivity contribution in [3.8, 4) is 0 Å². The number of sulfonamides is 2. The highest BCUT2D eigenvalue weighted by Crippen LogP contribution is 2.30. The highest BCUT2D eigenvalue weighted by atomic mass is 32.2. The van der Waals surface area contributed by atoms with Gasteiger partial charge in [0.05, 0.1) is 35.0 Å². The molecule has 41 heavy (non-hydrogen) atoms. The van der Waals surface area contributed by atoms with Crippen LogP contribution in [0.1, 0.15) is 11.1 Å². The van der Waals surface area contributed by atoms with E-state index in [1.54, 1.807) is 24.3 Å². The molecule has 2 atom stereocenters. The molecule has 5 rings (SSSR count). The van der Waals surface area contributed by atoms with E-state index in [1.165, 1.54) is 32.9 Å². The molecule has 0 unspecified atom stereocenters. The minimum Gasteiger partial charge on any atom is -0.399 e. The van der Waals surface area contributed by atoms with Crippen LogP contribution in [0.5, 0.6) is 0 Å². The second-order valence-corrected chi connectivity index (χ2v) is 13.9. The van der Waals surface area contributed by atoms with Crippen molar-refractivity contribution in [2.45, 2.75) is 35.0 Å². The summed E-state index contributed by atoms with van der Waals surface area (Å²) in [5.74, 6) is 0. The highest BCUT2D eigenvalue weighted by molar-refractivity contribution is 7.89. The van der Waals surface area contributed by atoms with Crippen LogP contribution in [0.3, 0.4) is 0 Å². The quantitative estimate of drug-likeness (QED) is 0.241. The largest absolute Gasteiger partial charge is 0.399 e. The van der Waals surface area contributed by atoms with Crippen molar-refractivity contribution in [2.75, 3.05) is 24.6 Å². The molecule has 1 saturated heterocycles. The fourth-order valence-electron chi connectivity index (χ4n) is 5.21. The first-order chi connectivity index (χ1) is 19.7. The van der Waals surface area contributed by atoms with Gasteiger partial charge in [0, 0.05) is 24.5 Å². The zero-order valence-electron chi connectivity index (χ0n) is 22.5. The van der Waals surface area contributed by atoms with Gasteiger partial charge < -0.3 is 16.8 Å². The summed E-state index contributed by atoms with van der Waals surface area (Å²) >= 11 is 0. The van der Waals surface area contributed by atoms with Gasteiger partial charge in [-0.25, -0.2) is 16.8 Å². The number of nitrogens with two attached hydrogens (primary N) is 3. The first-order valence-electron chi connectivity index (χ1n) is 13.3. The van der Waals surface area contributed by atoms with Crippen LogP contribution in [0.2, 0.25) is 0 Å². The van der Waals surface area contributed by atoms with Crippen LogP contribution in [0, 0.1) is 0 Å². The lowest BCUT2D eigenvalue weighted by Gasteiger charge is -2.35. The van der Waals surface area contributed by atoms with Crippen molar-refractivity contribution < 1.29 is 22.2 Å². The lowest BCUT2D eigenvalue weighted by molar-refractivity contribution is -0.638. The average Bonchev–Trinajstić information content (AvgIpc) is 3.45. The molecule has 11 heteroatoms. The van der Waals surface area contributed by atoms with Gasteiger partial charge in [0.25, 0.3) is 0 Å². The fraction of sp³-hybridized carbons (Fsp3) is 0.200. The molecule has 1 heterocycles. The van der Waals surface area contributed by atoms with Gasteiger partial charge in [0.2, 0.25) is 20.0 Å². The van der Waals surface area contributed by atoms with E-state index in [1.807, 2.05) is 66.0 Å². The lowest BCUT2D eigenvalue weighted by Crippen LogP contribution is -2.82. The van der Waals surface area contributed by atoms with E-state index in [9.17, 15) is 16.8 Å². The topological polar surface area (TPSA) is 143 Å². The predicted molar refractivity (Wildman–Crippen MR) is 159 cm³/mol. The molecular formula is C30H34N5O4S2+. The molecule has 4 aromatic rings. The summed E-state index contributed by atoms with van der Waals surface area (Å²) in [7, 11) is -8.07. The van der Waals surface area contributed by atoms with E-state index in [-0.39, 0.29) is 22.9 Å². The van der Waals surface area contributed by atoms with Crippen molar-refractivity contribution >= 4 is 31.4 Å². The molecule has 1 aliphatic heterocycles. The van der Waals surface area contributed by atoms with Gasteiger partial charge in [-0.2, -0.15) is 8.61 Å². The van der Waals surface area contributed by atoms with Crippen molar-refractivity contribution in [1.29, 1.82) is 0 Å². The second kappa shape index (κ2) is 12.0. The number of nitrogens with zero attached hydrogens (tertiary/aromatic N) is 2. The molecule has 214 valence electrons. The molecule has 0 aliphatic carbocycles. The summed E-state index contributed by atoms with van der Waals surface area (Å²) in [6, 6.07) is 29.5. The number of anilines is 2. The van der Waals surface area contributed by atoms with Gasteiger partial charge in [0.15, 0.2) is 0 Å². The molecular weight excluding hydrogens is 558 g/mol. The van der Waals surface area contributed by atoms with Crippen LogP contribution >= 0.6 is 0 Å². The van der Waals surface area contributed by atoms with Gasteiger partial charge in [0.1, 0.15) is 0 Å². The van der Waals surface area contributed by atoms with E-state index in [0.717, 1.165) is 11.1 Å². The van der Waals surface area contributed by atoms with Crippen LogP contribution in [0.4, 0.5) is 11.4 Å². The molecule has 0 radical (unpaired) electrons. The number of nitrogen functional groups attached to an aromatic ring is 2.